The van der Waals surface area contributed by atoms with Crippen LogP contribution in [0.3, 0.4) is 0 Å². The van der Waals surface area contributed by atoms with Gasteiger partial charge in [-0.05, 0) is 237 Å². The van der Waals surface area contributed by atoms with E-state index in [9.17, 15) is 0 Å². The number of para-hydroxylation sites is 1. The molecular weight excluding hydrogens is 931 g/mol. The van der Waals surface area contributed by atoms with Crippen LogP contribution in [0.25, 0.3) is 10.9 Å². The molecule has 9 heterocycles. The highest BCUT2D eigenvalue weighted by molar-refractivity contribution is 5.84. The quantitative estimate of drug-likeness (QED) is 0.281. The number of aromatic nitrogens is 1. The number of aromatic amines is 1. The highest BCUT2D eigenvalue weighted by Crippen LogP contribution is 2.46. The molecule has 1 N–H and O–H groups in total. The van der Waals surface area contributed by atoms with E-state index in [1.807, 2.05) is 0 Å². The summed E-state index contributed by atoms with van der Waals surface area (Å²) in [5.74, 6) is 0.949. The third kappa shape index (κ3) is 19.6. The number of piperidine rings is 3. The molecule has 8 aliphatic heterocycles. The maximum absolute atomic E-state index is 3.56. The minimum Gasteiger partial charge on any atom is -0.357 e. The second-order valence-electron chi connectivity index (χ2n) is 28.3. The molecule has 0 amide bonds. The van der Waals surface area contributed by atoms with Crippen LogP contribution in [0.15, 0.2) is 24.3 Å². The van der Waals surface area contributed by atoms with Crippen molar-refractivity contribution >= 4 is 10.9 Å². The summed E-state index contributed by atoms with van der Waals surface area (Å²) in [7, 11) is 0. The Labute approximate surface area is 472 Å². The van der Waals surface area contributed by atoms with E-state index in [1.54, 1.807) is 0 Å². The van der Waals surface area contributed by atoms with Gasteiger partial charge in [0, 0.05) is 141 Å². The molecule has 5 atom stereocenters. The molecular formula is C67H127N9. The van der Waals surface area contributed by atoms with Gasteiger partial charge in [0.05, 0.1) is 0 Å². The van der Waals surface area contributed by atoms with Crippen molar-refractivity contribution in [2.75, 3.05) is 72.0 Å². The summed E-state index contributed by atoms with van der Waals surface area (Å²) in [6.07, 6.45) is 19.9. The van der Waals surface area contributed by atoms with Crippen LogP contribution < -0.4 is 0 Å². The van der Waals surface area contributed by atoms with Crippen LogP contribution >= 0.6 is 0 Å². The SMILES string of the molecule is CC(C)N1C2CCCC1CC2.CC(C)N1CCCCC1.CC(C)N1CCCN(C(C)C)CC1.CC(C)N1CCN(C(C)C)CC1.CC(C)N1CCc2c([nH]c3ccccc23)C1.CC(C)N1[C@@H]2CC[C@H]1CC(C(C)(C)C)C2. The lowest BCUT2D eigenvalue weighted by molar-refractivity contribution is 0.0342. The number of likely N-dealkylation sites (tertiary alicyclic amines) is 1. The first-order valence-corrected chi connectivity index (χ1v) is 32.5. The Morgan fingerprint density at radius 1 is 0.395 bits per heavy atom. The zero-order valence-corrected chi connectivity index (χ0v) is 53.8. The van der Waals surface area contributed by atoms with Crippen molar-refractivity contribution in [3.05, 3.63) is 35.5 Å². The number of hydrogen-bond acceptors (Lipinski definition) is 8. The summed E-state index contributed by atoms with van der Waals surface area (Å²) in [6, 6.07) is 18.2. The lowest BCUT2D eigenvalue weighted by Gasteiger charge is -2.45. The predicted molar refractivity (Wildman–Crippen MR) is 333 cm³/mol. The molecule has 1 aromatic heterocycles. The standard InChI is InChI=1S/C14H18N2.C14H27N.C11H24N2.C10H22N2.C10H19N.C8H17N/c1-10(2)16-8-7-12-11-5-3-4-6-13(11)15-14(12)9-16;1-10(2)15-12-6-7-13(15)9-11(8-12)14(3,4)5;1-10(2)12-6-5-7-13(9-8-12)11(3)4;1-9(2)11-5-7-12(8-6-11)10(3)4;1-8(2)11-9-4-3-5-10(11)7-6-9;1-8(2)9-6-4-3-5-7-9/h3-6,10,15H,7-9H2,1-2H3;10-13H,6-9H2,1-5H3;10-11H,5-9H2,1-4H3;9-10H,5-8H2,1-4H3;8-10H,3-7H2,1-2H3;8H,3-7H2,1-2H3/t;11?,12-,13+;;;;. The maximum Gasteiger partial charge on any atom is 0.0459 e. The van der Waals surface area contributed by atoms with Crippen molar-refractivity contribution in [2.24, 2.45) is 11.3 Å². The van der Waals surface area contributed by atoms with E-state index < -0.39 is 0 Å². The number of nitrogens with zero attached hydrogens (tertiary/aromatic N) is 8. The van der Waals surface area contributed by atoms with E-state index in [4.69, 9.17) is 0 Å². The zero-order valence-electron chi connectivity index (χ0n) is 53.8. The van der Waals surface area contributed by atoms with Gasteiger partial charge in [-0.25, -0.2) is 0 Å². The second kappa shape index (κ2) is 31.6. The number of nitrogens with one attached hydrogen (secondary N) is 1. The monoisotopic (exact) mass is 1060 g/mol. The fourth-order valence-corrected chi connectivity index (χ4v) is 14.6. The molecule has 440 valence electrons. The Bertz CT molecular complexity index is 1800. The first kappa shape index (κ1) is 65.3. The molecule has 8 aliphatic rings. The third-order valence-corrected chi connectivity index (χ3v) is 19.6. The van der Waals surface area contributed by atoms with Crippen LogP contribution in [-0.2, 0) is 13.0 Å². The topological polar surface area (TPSA) is 41.7 Å². The minimum absolute atomic E-state index is 0.518. The Morgan fingerprint density at radius 2 is 0.776 bits per heavy atom. The van der Waals surface area contributed by atoms with Gasteiger partial charge in [0.25, 0.3) is 0 Å². The molecule has 9 heteroatoms. The molecule has 0 aliphatic carbocycles. The summed E-state index contributed by atoms with van der Waals surface area (Å²) < 4.78 is 0. The lowest BCUT2D eigenvalue weighted by Crippen LogP contribution is -2.50. The van der Waals surface area contributed by atoms with Crippen molar-refractivity contribution in [3.8, 4) is 0 Å². The van der Waals surface area contributed by atoms with Gasteiger partial charge in [0.2, 0.25) is 0 Å². The van der Waals surface area contributed by atoms with Gasteiger partial charge in [0.15, 0.2) is 0 Å². The van der Waals surface area contributed by atoms with E-state index in [0.29, 0.717) is 23.5 Å². The van der Waals surface area contributed by atoms with Gasteiger partial charge in [-0.2, -0.15) is 0 Å². The highest BCUT2D eigenvalue weighted by atomic mass is 15.3. The molecule has 9 nitrogen and oxygen atoms in total. The van der Waals surface area contributed by atoms with Crippen LogP contribution in [-0.4, -0.2) is 189 Å². The van der Waals surface area contributed by atoms with Crippen molar-refractivity contribution < 1.29 is 0 Å². The first-order valence-electron chi connectivity index (χ1n) is 32.5. The fourth-order valence-electron chi connectivity index (χ4n) is 14.6. The molecule has 0 radical (unpaired) electrons. The fraction of sp³-hybridized carbons (Fsp3) is 0.881. The van der Waals surface area contributed by atoms with Crippen LogP contribution in [0.1, 0.15) is 226 Å². The molecule has 10 rings (SSSR count). The summed E-state index contributed by atoms with van der Waals surface area (Å²) in [5, 5.41) is 1.42. The maximum atomic E-state index is 3.56. The third-order valence-electron chi connectivity index (χ3n) is 19.6. The molecule has 3 unspecified atom stereocenters. The summed E-state index contributed by atoms with van der Waals surface area (Å²) in [6.45, 7) is 59.1. The van der Waals surface area contributed by atoms with E-state index in [-0.39, 0.29) is 0 Å². The van der Waals surface area contributed by atoms with Crippen LogP contribution in [0.4, 0.5) is 0 Å². The molecule has 4 bridgehead atoms. The van der Waals surface area contributed by atoms with E-state index in [2.05, 4.69) is 200 Å². The molecule has 0 saturated carbocycles. The van der Waals surface area contributed by atoms with Crippen LogP contribution in [0.5, 0.6) is 0 Å². The van der Waals surface area contributed by atoms with E-state index in [0.717, 1.165) is 66.8 Å². The summed E-state index contributed by atoms with van der Waals surface area (Å²) >= 11 is 0. The van der Waals surface area contributed by atoms with Gasteiger partial charge >= 0.3 is 0 Å². The largest absolute Gasteiger partial charge is 0.357 e. The van der Waals surface area contributed by atoms with Crippen molar-refractivity contribution in [3.63, 3.8) is 0 Å². The predicted octanol–water partition coefficient (Wildman–Crippen LogP) is 14.1. The molecule has 7 fully saturated rings. The van der Waals surface area contributed by atoms with Gasteiger partial charge < -0.3 is 9.88 Å². The van der Waals surface area contributed by atoms with Gasteiger partial charge in [-0.1, -0.05) is 51.8 Å². The van der Waals surface area contributed by atoms with Gasteiger partial charge in [-0.3, -0.25) is 34.3 Å². The molecule has 7 saturated heterocycles. The number of benzene rings is 1. The molecule has 0 spiro atoms. The number of hydrogen-bond donors (Lipinski definition) is 1. The number of H-pyrrole nitrogens is 1. The number of fused-ring (bicyclic) bond motifs is 7. The van der Waals surface area contributed by atoms with Crippen molar-refractivity contribution in [2.45, 2.75) is 300 Å². The second-order valence-corrected chi connectivity index (χ2v) is 28.3. The molecule has 2 aromatic rings. The Kier molecular flexibility index (Phi) is 27.1. The van der Waals surface area contributed by atoms with Gasteiger partial charge in [0.1, 0.15) is 0 Å². The first-order chi connectivity index (χ1) is 36.0. The Hall–Kier alpha value is -1.56. The van der Waals surface area contributed by atoms with Crippen molar-refractivity contribution in [1.82, 2.24) is 44.2 Å². The van der Waals surface area contributed by atoms with Gasteiger partial charge in [-0.15, -0.1) is 0 Å². The molecule has 76 heavy (non-hydrogen) atoms. The summed E-state index contributed by atoms with van der Waals surface area (Å²) in [4.78, 5) is 24.5. The lowest BCUT2D eigenvalue weighted by atomic mass is 9.73. The number of piperazine rings is 1. The Balaban J connectivity index is 0.000000170. The van der Waals surface area contributed by atoms with Crippen LogP contribution in [0, 0.1) is 11.3 Å². The average Bonchev–Trinajstić information content (AvgIpc) is 3.88. The zero-order chi connectivity index (χ0) is 55.9. The molecule has 1 aromatic carbocycles. The normalized spacial score (nSPS) is 26.7. The van der Waals surface area contributed by atoms with Crippen molar-refractivity contribution in [1.29, 1.82) is 0 Å². The minimum atomic E-state index is 0.518. The highest BCUT2D eigenvalue weighted by Gasteiger charge is 2.44. The Morgan fingerprint density at radius 3 is 1.17 bits per heavy atom. The number of rotatable bonds is 8. The van der Waals surface area contributed by atoms with E-state index >= 15 is 0 Å². The average molecular weight is 1060 g/mol. The summed E-state index contributed by atoms with van der Waals surface area (Å²) in [5.41, 5.74) is 4.76. The smallest absolute Gasteiger partial charge is 0.0459 e. The van der Waals surface area contributed by atoms with Crippen LogP contribution in [0.2, 0.25) is 0 Å². The van der Waals surface area contributed by atoms with E-state index in [1.165, 1.54) is 184 Å².